The van der Waals surface area contributed by atoms with Crippen LogP contribution in [0.3, 0.4) is 0 Å². The number of carbonyl (C=O) groups is 2. The second-order valence-electron chi connectivity index (χ2n) is 7.75. The van der Waals surface area contributed by atoms with Crippen molar-refractivity contribution >= 4 is 29.9 Å². The molecule has 2 amide bonds. The summed E-state index contributed by atoms with van der Waals surface area (Å²) in [5.74, 6) is 1.32. The van der Waals surface area contributed by atoms with Crippen molar-refractivity contribution < 1.29 is 18.7 Å². The number of furan rings is 1. The number of hydrogen-bond acceptors (Lipinski definition) is 5. The summed E-state index contributed by atoms with van der Waals surface area (Å²) in [4.78, 5) is 26.4. The van der Waals surface area contributed by atoms with Crippen molar-refractivity contribution in [2.75, 3.05) is 31.6 Å². The third-order valence-electron chi connectivity index (χ3n) is 5.44. The zero-order valence-electron chi connectivity index (χ0n) is 16.8. The number of hydrogen-bond donors (Lipinski definition) is 2. The Labute approximate surface area is 182 Å². The van der Waals surface area contributed by atoms with Crippen LogP contribution in [0.2, 0.25) is 0 Å². The number of ether oxygens (including phenoxy) is 1. The average molecular weight is 434 g/mol. The van der Waals surface area contributed by atoms with Crippen molar-refractivity contribution in [3.05, 3.63) is 48.4 Å². The largest absolute Gasteiger partial charge is 0.484 e. The molecule has 0 radical (unpaired) electrons. The molecule has 1 aliphatic heterocycles. The molecule has 162 valence electrons. The quantitative estimate of drug-likeness (QED) is 0.667. The second-order valence-corrected chi connectivity index (χ2v) is 7.75. The van der Waals surface area contributed by atoms with E-state index in [0.717, 1.165) is 38.4 Å². The number of halogens is 1. The van der Waals surface area contributed by atoms with E-state index in [4.69, 9.17) is 9.15 Å². The first kappa shape index (κ1) is 22.2. The Hall–Kier alpha value is -2.51. The molecule has 7 nitrogen and oxygen atoms in total. The molecule has 0 bridgehead atoms. The number of nitrogens with zero attached hydrogens (tertiary/aromatic N) is 1. The van der Waals surface area contributed by atoms with Gasteiger partial charge in [0.15, 0.2) is 12.4 Å². The summed E-state index contributed by atoms with van der Waals surface area (Å²) < 4.78 is 10.7. The van der Waals surface area contributed by atoms with E-state index in [1.165, 1.54) is 19.1 Å². The van der Waals surface area contributed by atoms with Gasteiger partial charge in [-0.25, -0.2) is 0 Å². The summed E-state index contributed by atoms with van der Waals surface area (Å²) in [6, 6.07) is 10.8. The highest BCUT2D eigenvalue weighted by atomic mass is 35.5. The molecule has 2 fully saturated rings. The monoisotopic (exact) mass is 433 g/mol. The number of carbonyl (C=O) groups excluding carboxylic acids is 2. The summed E-state index contributed by atoms with van der Waals surface area (Å²) in [5.41, 5.74) is 0.582. The van der Waals surface area contributed by atoms with E-state index >= 15 is 0 Å². The van der Waals surface area contributed by atoms with E-state index in [1.807, 2.05) is 4.90 Å². The Morgan fingerprint density at radius 3 is 2.60 bits per heavy atom. The number of amides is 2. The lowest BCUT2D eigenvalue weighted by molar-refractivity contribution is -0.134. The van der Waals surface area contributed by atoms with Crippen LogP contribution in [0, 0.1) is 5.92 Å². The molecule has 2 N–H and O–H groups in total. The number of piperidine rings is 1. The first-order chi connectivity index (χ1) is 14.2. The van der Waals surface area contributed by atoms with Crippen LogP contribution in [-0.4, -0.2) is 49.0 Å². The van der Waals surface area contributed by atoms with Gasteiger partial charge >= 0.3 is 0 Å². The van der Waals surface area contributed by atoms with Crippen LogP contribution in [0.1, 0.15) is 36.2 Å². The fourth-order valence-electron chi connectivity index (χ4n) is 3.49. The van der Waals surface area contributed by atoms with E-state index in [-0.39, 0.29) is 36.6 Å². The topological polar surface area (TPSA) is 83.8 Å². The zero-order chi connectivity index (χ0) is 20.1. The number of anilines is 1. The third kappa shape index (κ3) is 6.24. The van der Waals surface area contributed by atoms with Gasteiger partial charge in [-0.1, -0.05) is 6.07 Å². The summed E-state index contributed by atoms with van der Waals surface area (Å²) in [6.45, 7) is 2.65. The highest BCUT2D eigenvalue weighted by molar-refractivity contribution is 6.02. The van der Waals surface area contributed by atoms with Gasteiger partial charge in [-0.3, -0.25) is 9.59 Å². The van der Waals surface area contributed by atoms with E-state index in [0.29, 0.717) is 17.5 Å². The first-order valence-electron chi connectivity index (χ1n) is 10.3. The van der Waals surface area contributed by atoms with Gasteiger partial charge in [-0.05, 0) is 62.4 Å². The molecule has 30 heavy (non-hydrogen) atoms. The Morgan fingerprint density at radius 2 is 1.90 bits per heavy atom. The van der Waals surface area contributed by atoms with Crippen molar-refractivity contribution in [2.45, 2.75) is 31.7 Å². The maximum Gasteiger partial charge on any atom is 0.291 e. The minimum absolute atomic E-state index is 0. The van der Waals surface area contributed by atoms with Crippen LogP contribution in [0.4, 0.5) is 5.69 Å². The lowest BCUT2D eigenvalue weighted by Gasteiger charge is -2.32. The lowest BCUT2D eigenvalue weighted by atomic mass is 10.0. The van der Waals surface area contributed by atoms with Gasteiger partial charge in [0.2, 0.25) is 0 Å². The fourth-order valence-corrected chi connectivity index (χ4v) is 3.49. The van der Waals surface area contributed by atoms with Gasteiger partial charge in [0.25, 0.3) is 11.8 Å². The lowest BCUT2D eigenvalue weighted by Crippen LogP contribution is -2.46. The standard InChI is InChI=1S/C22H27N3O4.ClH/c26-21(25-10-8-17(9-11-25)23-14-16-6-7-16)15-29-19-4-1-3-18(13-19)24-22(27)20-5-2-12-28-20;/h1-5,12-13,16-17,23H,6-11,14-15H2,(H,24,27);1H. The number of nitrogens with one attached hydrogen (secondary N) is 2. The first-order valence-corrected chi connectivity index (χ1v) is 10.3. The van der Waals surface area contributed by atoms with Crippen LogP contribution >= 0.6 is 12.4 Å². The highest BCUT2D eigenvalue weighted by Crippen LogP contribution is 2.28. The average Bonchev–Trinajstić information content (AvgIpc) is 3.41. The highest BCUT2D eigenvalue weighted by Gasteiger charge is 2.26. The number of rotatable bonds is 8. The third-order valence-corrected chi connectivity index (χ3v) is 5.44. The molecule has 2 aliphatic rings. The van der Waals surface area contributed by atoms with Crippen LogP contribution in [0.15, 0.2) is 47.1 Å². The van der Waals surface area contributed by atoms with Gasteiger partial charge in [-0.2, -0.15) is 0 Å². The summed E-state index contributed by atoms with van der Waals surface area (Å²) >= 11 is 0. The molecule has 1 saturated carbocycles. The Bertz CT molecular complexity index is 831. The van der Waals surface area contributed by atoms with Crippen molar-refractivity contribution in [3.8, 4) is 5.75 Å². The Balaban J connectivity index is 0.00000256. The second kappa shape index (κ2) is 10.5. The molecule has 2 aromatic rings. The van der Waals surface area contributed by atoms with Crippen molar-refractivity contribution in [2.24, 2.45) is 5.92 Å². The van der Waals surface area contributed by atoms with Gasteiger partial charge < -0.3 is 24.7 Å². The molecule has 2 heterocycles. The Kier molecular flexibility index (Phi) is 7.76. The molecule has 0 unspecified atom stereocenters. The predicted molar refractivity (Wildman–Crippen MR) is 116 cm³/mol. The van der Waals surface area contributed by atoms with Gasteiger partial charge in [0, 0.05) is 30.9 Å². The van der Waals surface area contributed by atoms with Gasteiger partial charge in [0.05, 0.1) is 6.26 Å². The zero-order valence-corrected chi connectivity index (χ0v) is 17.7. The molecule has 0 atom stereocenters. The van der Waals surface area contributed by atoms with Crippen molar-refractivity contribution in [1.82, 2.24) is 10.2 Å². The summed E-state index contributed by atoms with van der Waals surface area (Å²) in [6.07, 6.45) is 6.15. The van der Waals surface area contributed by atoms with Crippen LogP contribution < -0.4 is 15.4 Å². The molecular weight excluding hydrogens is 406 g/mol. The molecule has 0 spiro atoms. The number of likely N-dealkylation sites (tertiary alicyclic amines) is 1. The van der Waals surface area contributed by atoms with E-state index in [9.17, 15) is 9.59 Å². The maximum absolute atomic E-state index is 12.5. The smallest absolute Gasteiger partial charge is 0.291 e. The van der Waals surface area contributed by atoms with Crippen LogP contribution in [0.5, 0.6) is 5.75 Å². The van der Waals surface area contributed by atoms with Gasteiger partial charge in [-0.15, -0.1) is 12.4 Å². The van der Waals surface area contributed by atoms with Crippen molar-refractivity contribution in [3.63, 3.8) is 0 Å². The minimum atomic E-state index is -0.332. The van der Waals surface area contributed by atoms with E-state index in [1.54, 1.807) is 36.4 Å². The van der Waals surface area contributed by atoms with E-state index in [2.05, 4.69) is 10.6 Å². The van der Waals surface area contributed by atoms with Crippen molar-refractivity contribution in [1.29, 1.82) is 0 Å². The maximum atomic E-state index is 12.5. The van der Waals surface area contributed by atoms with Crippen LogP contribution in [-0.2, 0) is 4.79 Å². The molecular formula is C22H28ClN3O4. The van der Waals surface area contributed by atoms with Crippen LogP contribution in [0.25, 0.3) is 0 Å². The molecule has 4 rings (SSSR count). The van der Waals surface area contributed by atoms with Gasteiger partial charge in [0.1, 0.15) is 5.75 Å². The molecule has 1 aromatic heterocycles. The predicted octanol–water partition coefficient (Wildman–Crippen LogP) is 3.32. The SMILES string of the molecule is Cl.O=C(Nc1cccc(OCC(=O)N2CCC(NCC3CC3)CC2)c1)c1ccco1. The molecule has 1 aromatic carbocycles. The molecule has 1 aliphatic carbocycles. The van der Waals surface area contributed by atoms with E-state index < -0.39 is 0 Å². The Morgan fingerprint density at radius 1 is 1.10 bits per heavy atom. The minimum Gasteiger partial charge on any atom is -0.484 e. The fraction of sp³-hybridized carbons (Fsp3) is 0.455. The molecule has 8 heteroatoms. The summed E-state index contributed by atoms with van der Waals surface area (Å²) in [7, 11) is 0. The molecule has 1 saturated heterocycles. The summed E-state index contributed by atoms with van der Waals surface area (Å²) in [5, 5.41) is 6.37. The normalized spacial score (nSPS) is 16.6. The number of benzene rings is 1.